The number of likely N-dealkylation sites (tertiary alicyclic amines) is 1. The van der Waals surface area contributed by atoms with Crippen LogP contribution in [0.4, 0.5) is 4.79 Å². The zero-order valence-electron chi connectivity index (χ0n) is 14.9. The third-order valence-electron chi connectivity index (χ3n) is 4.76. The van der Waals surface area contributed by atoms with E-state index in [-0.39, 0.29) is 17.7 Å². The fraction of sp³-hybridized carbons (Fsp3) is 0.632. The highest BCUT2D eigenvalue weighted by molar-refractivity contribution is 5.68. The Morgan fingerprint density at radius 3 is 2.46 bits per heavy atom. The second kappa shape index (κ2) is 6.73. The van der Waals surface area contributed by atoms with Crippen molar-refractivity contribution in [2.75, 3.05) is 26.2 Å². The van der Waals surface area contributed by atoms with Crippen molar-refractivity contribution in [3.8, 4) is 0 Å². The fourth-order valence-electron chi connectivity index (χ4n) is 3.32. The molecule has 1 aromatic rings. The molecule has 0 aliphatic carbocycles. The van der Waals surface area contributed by atoms with Crippen LogP contribution in [0.3, 0.4) is 0 Å². The van der Waals surface area contributed by atoms with Crippen LogP contribution in [0, 0.1) is 0 Å². The van der Waals surface area contributed by atoms with Crippen LogP contribution < -0.4 is 5.32 Å². The van der Waals surface area contributed by atoms with Gasteiger partial charge < -0.3 is 19.7 Å². The zero-order chi connectivity index (χ0) is 17.2. The average Bonchev–Trinajstić information content (AvgIpc) is 2.55. The monoisotopic (exact) mass is 332 g/mol. The zero-order valence-corrected chi connectivity index (χ0v) is 14.9. The summed E-state index contributed by atoms with van der Waals surface area (Å²) < 4.78 is 11.7. The minimum absolute atomic E-state index is 0.149. The van der Waals surface area contributed by atoms with Crippen molar-refractivity contribution in [2.24, 2.45) is 0 Å². The van der Waals surface area contributed by atoms with E-state index in [9.17, 15) is 4.79 Å². The van der Waals surface area contributed by atoms with Crippen LogP contribution in [-0.2, 0) is 9.47 Å². The third kappa shape index (κ3) is 4.08. The molecule has 5 heteroatoms. The molecule has 0 aromatic heterocycles. The topological polar surface area (TPSA) is 50.8 Å². The van der Waals surface area contributed by atoms with Gasteiger partial charge in [0.05, 0.1) is 18.2 Å². The summed E-state index contributed by atoms with van der Waals surface area (Å²) in [7, 11) is 0. The van der Waals surface area contributed by atoms with Crippen molar-refractivity contribution >= 4 is 6.09 Å². The first-order valence-electron chi connectivity index (χ1n) is 8.77. The molecule has 2 saturated heterocycles. The Hall–Kier alpha value is -1.59. The van der Waals surface area contributed by atoms with Gasteiger partial charge in [-0.3, -0.25) is 0 Å². The van der Waals surface area contributed by atoms with Crippen LogP contribution >= 0.6 is 0 Å². The molecule has 1 atom stereocenters. The summed E-state index contributed by atoms with van der Waals surface area (Å²) in [5.41, 5.74) is 0.667. The molecular weight excluding hydrogens is 304 g/mol. The summed E-state index contributed by atoms with van der Waals surface area (Å²) in [5, 5.41) is 3.62. The van der Waals surface area contributed by atoms with E-state index in [0.29, 0.717) is 19.7 Å². The summed E-state index contributed by atoms with van der Waals surface area (Å²) in [6.45, 7) is 8.57. The summed E-state index contributed by atoms with van der Waals surface area (Å²) in [4.78, 5) is 14.0. The van der Waals surface area contributed by atoms with Gasteiger partial charge >= 0.3 is 6.09 Å². The standard InChI is InChI=1S/C19H28N2O3/c1-18(2,3)24-17(22)21-11-9-19(10-12-21)14-20-16(13-23-19)15-7-5-4-6-8-15/h4-8,16,20H,9-14H2,1-3H3/t16-/m1/s1. The molecule has 24 heavy (non-hydrogen) atoms. The number of hydrogen-bond acceptors (Lipinski definition) is 4. The van der Waals surface area contributed by atoms with Crippen molar-refractivity contribution in [3.63, 3.8) is 0 Å². The second-order valence-corrected chi connectivity index (χ2v) is 7.81. The summed E-state index contributed by atoms with van der Waals surface area (Å²) in [5.74, 6) is 0. The first-order valence-corrected chi connectivity index (χ1v) is 8.77. The van der Waals surface area contributed by atoms with E-state index < -0.39 is 5.60 Å². The van der Waals surface area contributed by atoms with Crippen molar-refractivity contribution in [3.05, 3.63) is 35.9 Å². The largest absolute Gasteiger partial charge is 0.444 e. The van der Waals surface area contributed by atoms with Crippen molar-refractivity contribution in [2.45, 2.75) is 50.9 Å². The number of carbonyl (C=O) groups is 1. The lowest BCUT2D eigenvalue weighted by molar-refractivity contribution is -0.113. The maximum absolute atomic E-state index is 12.2. The Morgan fingerprint density at radius 2 is 1.92 bits per heavy atom. The van der Waals surface area contributed by atoms with E-state index in [4.69, 9.17) is 9.47 Å². The van der Waals surface area contributed by atoms with E-state index in [0.717, 1.165) is 19.4 Å². The van der Waals surface area contributed by atoms with Crippen LogP contribution in [0.15, 0.2) is 30.3 Å². The Balaban J connectivity index is 1.51. The highest BCUT2D eigenvalue weighted by atomic mass is 16.6. The molecule has 1 N–H and O–H groups in total. The van der Waals surface area contributed by atoms with Crippen LogP contribution in [0.25, 0.3) is 0 Å². The Labute approximate surface area is 144 Å². The Kier molecular flexibility index (Phi) is 4.83. The third-order valence-corrected chi connectivity index (χ3v) is 4.76. The quantitative estimate of drug-likeness (QED) is 0.858. The fourth-order valence-corrected chi connectivity index (χ4v) is 3.32. The predicted octanol–water partition coefficient (Wildman–Crippen LogP) is 3.12. The van der Waals surface area contributed by atoms with E-state index in [1.54, 1.807) is 4.90 Å². The predicted molar refractivity (Wildman–Crippen MR) is 92.9 cm³/mol. The van der Waals surface area contributed by atoms with Crippen LogP contribution in [0.5, 0.6) is 0 Å². The maximum Gasteiger partial charge on any atom is 0.410 e. The summed E-state index contributed by atoms with van der Waals surface area (Å²) >= 11 is 0. The molecule has 2 heterocycles. The number of amides is 1. The highest BCUT2D eigenvalue weighted by Gasteiger charge is 2.41. The van der Waals surface area contributed by atoms with Gasteiger partial charge in [-0.05, 0) is 39.2 Å². The second-order valence-electron chi connectivity index (χ2n) is 7.81. The number of nitrogens with one attached hydrogen (secondary N) is 1. The van der Waals surface area contributed by atoms with Crippen LogP contribution in [-0.4, -0.2) is 48.4 Å². The normalized spacial score (nSPS) is 24.0. The smallest absolute Gasteiger partial charge is 0.410 e. The molecule has 1 amide bonds. The molecular formula is C19H28N2O3. The van der Waals surface area contributed by atoms with Crippen molar-refractivity contribution < 1.29 is 14.3 Å². The number of nitrogens with zero attached hydrogens (tertiary/aromatic N) is 1. The van der Waals surface area contributed by atoms with Gasteiger partial charge in [-0.1, -0.05) is 30.3 Å². The molecule has 0 unspecified atom stereocenters. The summed E-state index contributed by atoms with van der Waals surface area (Å²) in [6, 6.07) is 10.7. The summed E-state index contributed by atoms with van der Waals surface area (Å²) in [6.07, 6.45) is 1.48. The van der Waals surface area contributed by atoms with Crippen LogP contribution in [0.1, 0.15) is 45.2 Å². The van der Waals surface area contributed by atoms with Gasteiger partial charge in [-0.15, -0.1) is 0 Å². The Morgan fingerprint density at radius 1 is 1.25 bits per heavy atom. The van der Waals surface area contributed by atoms with Crippen molar-refractivity contribution in [1.29, 1.82) is 0 Å². The number of hydrogen-bond donors (Lipinski definition) is 1. The van der Waals surface area contributed by atoms with E-state index in [1.165, 1.54) is 5.56 Å². The van der Waals surface area contributed by atoms with Gasteiger partial charge in [0.25, 0.3) is 0 Å². The Bertz CT molecular complexity index is 550. The van der Waals surface area contributed by atoms with Crippen LogP contribution in [0.2, 0.25) is 0 Å². The molecule has 2 fully saturated rings. The van der Waals surface area contributed by atoms with E-state index >= 15 is 0 Å². The molecule has 0 bridgehead atoms. The van der Waals surface area contributed by atoms with E-state index in [1.807, 2.05) is 26.8 Å². The number of morpholine rings is 1. The molecule has 2 aliphatic rings. The molecule has 1 spiro atoms. The average molecular weight is 332 g/mol. The minimum atomic E-state index is -0.446. The number of piperidine rings is 1. The maximum atomic E-state index is 12.2. The molecule has 0 radical (unpaired) electrons. The highest BCUT2D eigenvalue weighted by Crippen LogP contribution is 2.32. The number of carbonyl (C=O) groups excluding carboxylic acids is 1. The SMILES string of the molecule is CC(C)(C)OC(=O)N1CCC2(CC1)CN[C@@H](c1ccccc1)CO2. The van der Waals surface area contributed by atoms with Gasteiger partial charge in [0.2, 0.25) is 0 Å². The lowest BCUT2D eigenvalue weighted by Gasteiger charge is -2.46. The van der Waals surface area contributed by atoms with Gasteiger partial charge in [0.1, 0.15) is 5.60 Å². The van der Waals surface area contributed by atoms with Gasteiger partial charge in [-0.25, -0.2) is 4.79 Å². The van der Waals surface area contributed by atoms with Gasteiger partial charge in [0, 0.05) is 19.6 Å². The van der Waals surface area contributed by atoms with Gasteiger partial charge in [0.15, 0.2) is 0 Å². The minimum Gasteiger partial charge on any atom is -0.444 e. The first kappa shape index (κ1) is 17.2. The number of ether oxygens (including phenoxy) is 2. The van der Waals surface area contributed by atoms with Gasteiger partial charge in [-0.2, -0.15) is 0 Å². The molecule has 2 aliphatic heterocycles. The molecule has 0 saturated carbocycles. The number of benzene rings is 1. The van der Waals surface area contributed by atoms with Crippen molar-refractivity contribution in [1.82, 2.24) is 10.2 Å². The molecule has 132 valence electrons. The first-order chi connectivity index (χ1) is 11.4. The lowest BCUT2D eigenvalue weighted by Crippen LogP contribution is -2.57. The molecule has 5 nitrogen and oxygen atoms in total. The van der Waals surface area contributed by atoms with E-state index in [2.05, 4.69) is 29.6 Å². The molecule has 3 rings (SSSR count). The lowest BCUT2D eigenvalue weighted by atomic mass is 9.89. The molecule has 1 aromatic carbocycles. The number of rotatable bonds is 1.